The molecule has 0 aliphatic carbocycles. The highest BCUT2D eigenvalue weighted by Crippen LogP contribution is 2.19. The zero-order valence-corrected chi connectivity index (χ0v) is 9.40. The Morgan fingerprint density at radius 3 is 2.60 bits per heavy atom. The van der Waals surface area contributed by atoms with Crippen LogP contribution >= 0.6 is 0 Å². The highest BCUT2D eigenvalue weighted by Gasteiger charge is 2.13. The van der Waals surface area contributed by atoms with Gasteiger partial charge in [-0.1, -0.05) is 13.0 Å². The van der Waals surface area contributed by atoms with E-state index in [2.05, 4.69) is 5.32 Å². The predicted molar refractivity (Wildman–Crippen MR) is 57.9 cm³/mol. The van der Waals surface area contributed by atoms with E-state index in [1.165, 1.54) is 12.1 Å². The molecule has 1 nitrogen and oxygen atoms in total. The molecular weight excluding hydrogens is 196 g/mol. The molecule has 0 heterocycles. The molecule has 1 unspecified atom stereocenters. The molecular formula is C12H17F2N. The van der Waals surface area contributed by atoms with Gasteiger partial charge in [0.25, 0.3) is 0 Å². The molecule has 84 valence electrons. The van der Waals surface area contributed by atoms with Gasteiger partial charge < -0.3 is 5.32 Å². The van der Waals surface area contributed by atoms with Crippen LogP contribution in [0.1, 0.15) is 18.1 Å². The zero-order chi connectivity index (χ0) is 11.4. The first-order valence-corrected chi connectivity index (χ1v) is 5.14. The molecule has 0 aliphatic rings. The zero-order valence-electron chi connectivity index (χ0n) is 9.40. The number of benzene rings is 1. The maximum atomic E-state index is 13.6. The largest absolute Gasteiger partial charge is 0.319 e. The molecule has 0 saturated carbocycles. The molecule has 0 aromatic heterocycles. The Bertz CT molecular complexity index is 337. The van der Waals surface area contributed by atoms with Gasteiger partial charge in [-0.3, -0.25) is 0 Å². The monoisotopic (exact) mass is 213 g/mol. The third-order valence-electron chi connectivity index (χ3n) is 2.48. The molecule has 0 aliphatic heterocycles. The fourth-order valence-corrected chi connectivity index (χ4v) is 1.67. The van der Waals surface area contributed by atoms with Crippen molar-refractivity contribution >= 4 is 0 Å². The average molecular weight is 213 g/mol. The summed E-state index contributed by atoms with van der Waals surface area (Å²) in [5, 5.41) is 3.00. The Kier molecular flexibility index (Phi) is 4.21. The van der Waals surface area contributed by atoms with Crippen LogP contribution in [0.5, 0.6) is 0 Å². The fraction of sp³-hybridized carbons (Fsp3) is 0.500. The Morgan fingerprint density at radius 1 is 1.33 bits per heavy atom. The van der Waals surface area contributed by atoms with E-state index < -0.39 is 11.6 Å². The molecule has 0 radical (unpaired) electrons. The van der Waals surface area contributed by atoms with Crippen molar-refractivity contribution in [2.75, 3.05) is 13.6 Å². The lowest BCUT2D eigenvalue weighted by atomic mass is 9.98. The van der Waals surface area contributed by atoms with E-state index in [0.29, 0.717) is 12.0 Å². The molecule has 0 saturated heterocycles. The molecule has 0 bridgehead atoms. The number of hydrogen-bond donors (Lipinski definition) is 1. The molecule has 1 aromatic rings. The van der Waals surface area contributed by atoms with E-state index in [0.717, 1.165) is 6.54 Å². The van der Waals surface area contributed by atoms with Crippen molar-refractivity contribution in [1.29, 1.82) is 0 Å². The van der Waals surface area contributed by atoms with Gasteiger partial charge in [-0.2, -0.15) is 0 Å². The van der Waals surface area contributed by atoms with Crippen LogP contribution in [0.2, 0.25) is 0 Å². The van der Waals surface area contributed by atoms with E-state index in [9.17, 15) is 8.78 Å². The minimum atomic E-state index is -0.443. The average Bonchev–Trinajstić information content (AvgIpc) is 2.19. The number of rotatable bonds is 4. The first kappa shape index (κ1) is 12.1. The quantitative estimate of drug-likeness (QED) is 0.810. The molecule has 1 aromatic carbocycles. The minimum Gasteiger partial charge on any atom is -0.319 e. The van der Waals surface area contributed by atoms with Crippen LogP contribution in [0.4, 0.5) is 8.78 Å². The third-order valence-corrected chi connectivity index (χ3v) is 2.48. The van der Waals surface area contributed by atoms with Gasteiger partial charge in [-0.15, -0.1) is 0 Å². The van der Waals surface area contributed by atoms with Crippen LogP contribution in [-0.4, -0.2) is 13.6 Å². The second-order valence-electron chi connectivity index (χ2n) is 4.02. The van der Waals surface area contributed by atoms with E-state index in [1.807, 2.05) is 14.0 Å². The Labute approximate surface area is 89.5 Å². The van der Waals surface area contributed by atoms with Gasteiger partial charge in [-0.25, -0.2) is 8.78 Å². The first-order valence-electron chi connectivity index (χ1n) is 5.14. The summed E-state index contributed by atoms with van der Waals surface area (Å²) < 4.78 is 27.0. The SMILES string of the molecule is CNCC(C)Cc1c(F)ccc(C)c1F. The van der Waals surface area contributed by atoms with Crippen molar-refractivity contribution in [3.8, 4) is 0 Å². The normalized spacial score (nSPS) is 12.9. The Balaban J connectivity index is 2.88. The summed E-state index contributed by atoms with van der Waals surface area (Å²) in [6.07, 6.45) is 0.431. The summed E-state index contributed by atoms with van der Waals surface area (Å²) in [7, 11) is 1.83. The van der Waals surface area contributed by atoms with Gasteiger partial charge in [0, 0.05) is 5.56 Å². The summed E-state index contributed by atoms with van der Waals surface area (Å²) >= 11 is 0. The molecule has 1 N–H and O–H groups in total. The fourth-order valence-electron chi connectivity index (χ4n) is 1.67. The van der Waals surface area contributed by atoms with Gasteiger partial charge in [-0.05, 0) is 44.5 Å². The van der Waals surface area contributed by atoms with E-state index in [-0.39, 0.29) is 11.5 Å². The summed E-state index contributed by atoms with van der Waals surface area (Å²) in [5.41, 5.74) is 0.709. The van der Waals surface area contributed by atoms with Crippen molar-refractivity contribution in [3.63, 3.8) is 0 Å². The van der Waals surface area contributed by atoms with Crippen molar-refractivity contribution in [3.05, 3.63) is 34.9 Å². The van der Waals surface area contributed by atoms with E-state index in [1.54, 1.807) is 6.92 Å². The minimum absolute atomic E-state index is 0.206. The molecule has 15 heavy (non-hydrogen) atoms. The van der Waals surface area contributed by atoms with Gasteiger partial charge in [0.1, 0.15) is 11.6 Å². The van der Waals surface area contributed by atoms with Crippen molar-refractivity contribution in [1.82, 2.24) is 5.32 Å². The summed E-state index contributed by atoms with van der Waals surface area (Å²) in [6.45, 7) is 4.38. The molecule has 3 heteroatoms. The Hall–Kier alpha value is -0.960. The second kappa shape index (κ2) is 5.21. The molecule has 1 rings (SSSR count). The van der Waals surface area contributed by atoms with Crippen molar-refractivity contribution in [2.24, 2.45) is 5.92 Å². The number of aryl methyl sites for hydroxylation is 1. The topological polar surface area (TPSA) is 12.0 Å². The van der Waals surface area contributed by atoms with Crippen LogP contribution < -0.4 is 5.32 Å². The second-order valence-corrected chi connectivity index (χ2v) is 4.02. The molecule has 0 fully saturated rings. The van der Waals surface area contributed by atoms with Gasteiger partial charge in [0.2, 0.25) is 0 Å². The van der Waals surface area contributed by atoms with Crippen LogP contribution in [-0.2, 0) is 6.42 Å². The highest BCUT2D eigenvalue weighted by atomic mass is 19.1. The Morgan fingerprint density at radius 2 is 2.00 bits per heavy atom. The van der Waals surface area contributed by atoms with E-state index in [4.69, 9.17) is 0 Å². The predicted octanol–water partition coefficient (Wildman–Crippen LogP) is 2.67. The van der Waals surface area contributed by atoms with Crippen molar-refractivity contribution < 1.29 is 8.78 Å². The lowest BCUT2D eigenvalue weighted by Crippen LogP contribution is -2.19. The van der Waals surface area contributed by atoms with Crippen LogP contribution in [0, 0.1) is 24.5 Å². The molecule has 0 spiro atoms. The summed E-state index contributed by atoms with van der Waals surface area (Å²) in [5.74, 6) is -0.625. The van der Waals surface area contributed by atoms with Gasteiger partial charge in [0.05, 0.1) is 0 Å². The van der Waals surface area contributed by atoms with Gasteiger partial charge >= 0.3 is 0 Å². The number of halogens is 2. The summed E-state index contributed by atoms with van der Waals surface area (Å²) in [4.78, 5) is 0. The maximum Gasteiger partial charge on any atom is 0.132 e. The molecule has 0 amide bonds. The van der Waals surface area contributed by atoms with E-state index >= 15 is 0 Å². The lowest BCUT2D eigenvalue weighted by Gasteiger charge is -2.13. The third kappa shape index (κ3) is 2.99. The summed E-state index contributed by atoms with van der Waals surface area (Å²) in [6, 6.07) is 2.80. The van der Waals surface area contributed by atoms with Crippen LogP contribution in [0.25, 0.3) is 0 Å². The molecule has 1 atom stereocenters. The first-order chi connectivity index (χ1) is 7.06. The van der Waals surface area contributed by atoms with Crippen LogP contribution in [0.15, 0.2) is 12.1 Å². The van der Waals surface area contributed by atoms with Crippen molar-refractivity contribution in [2.45, 2.75) is 20.3 Å². The van der Waals surface area contributed by atoms with Crippen LogP contribution in [0.3, 0.4) is 0 Å². The standard InChI is InChI=1S/C12H17F2N/c1-8(7-15-3)6-10-11(13)5-4-9(2)12(10)14/h4-5,8,15H,6-7H2,1-3H3. The number of hydrogen-bond acceptors (Lipinski definition) is 1. The lowest BCUT2D eigenvalue weighted by molar-refractivity contribution is 0.490. The highest BCUT2D eigenvalue weighted by molar-refractivity contribution is 5.26. The van der Waals surface area contributed by atoms with Gasteiger partial charge in [0.15, 0.2) is 0 Å². The maximum absolute atomic E-state index is 13.6. The smallest absolute Gasteiger partial charge is 0.132 e. The number of nitrogens with one attached hydrogen (secondary N) is 1.